The minimum absolute atomic E-state index is 0.545. The fourth-order valence-electron chi connectivity index (χ4n) is 3.18. The Labute approximate surface area is 204 Å². The van der Waals surface area contributed by atoms with E-state index in [0.29, 0.717) is 0 Å². The summed E-state index contributed by atoms with van der Waals surface area (Å²) in [7, 11) is 1.00. The highest BCUT2D eigenvalue weighted by Crippen LogP contribution is 2.29. The van der Waals surface area contributed by atoms with E-state index in [1.807, 2.05) is 0 Å². The molecule has 36 heavy (non-hydrogen) atoms. The number of ether oxygens (including phenoxy) is 6. The molecule has 5 atom stereocenters. The topological polar surface area (TPSA) is 153 Å². The van der Waals surface area contributed by atoms with Crippen molar-refractivity contribution in [3.63, 3.8) is 0 Å². The van der Waals surface area contributed by atoms with Gasteiger partial charge in [-0.15, -0.1) is 0 Å². The Morgan fingerprint density at radius 3 is 2.06 bits per heavy atom. The lowest BCUT2D eigenvalue weighted by Gasteiger charge is -2.42. The molecule has 0 unspecified atom stereocenters. The van der Waals surface area contributed by atoms with Crippen LogP contribution in [0.2, 0.25) is 0 Å². The third-order valence-corrected chi connectivity index (χ3v) is 4.42. The summed E-state index contributed by atoms with van der Waals surface area (Å²) in [5, 5.41) is 1.72. The van der Waals surface area contributed by atoms with Gasteiger partial charge in [-0.2, -0.15) is 13.2 Å². The highest BCUT2D eigenvalue weighted by Gasteiger charge is 2.51. The van der Waals surface area contributed by atoms with Gasteiger partial charge in [-0.3, -0.25) is 19.2 Å². The lowest BCUT2D eigenvalue weighted by molar-refractivity contribution is -0.195. The molecule has 1 rings (SSSR count). The van der Waals surface area contributed by atoms with E-state index in [9.17, 15) is 37.1 Å². The summed E-state index contributed by atoms with van der Waals surface area (Å²) in [4.78, 5) is 59.1. The zero-order valence-corrected chi connectivity index (χ0v) is 20.4. The molecule has 0 saturated carbocycles. The van der Waals surface area contributed by atoms with Crippen LogP contribution in [0.1, 0.15) is 34.6 Å². The van der Waals surface area contributed by atoms with Crippen LogP contribution in [-0.4, -0.2) is 86.2 Å². The first-order chi connectivity index (χ1) is 16.6. The average Bonchev–Trinajstić information content (AvgIpc) is 2.73. The quantitative estimate of drug-likeness (QED) is 0.316. The Bertz CT molecular complexity index is 872. The molecule has 1 amide bonds. The van der Waals surface area contributed by atoms with E-state index in [-0.39, 0.29) is 0 Å². The van der Waals surface area contributed by atoms with Gasteiger partial charge in [0.25, 0.3) is 0 Å². The first kappa shape index (κ1) is 30.7. The van der Waals surface area contributed by atoms with Crippen molar-refractivity contribution in [3.8, 4) is 0 Å². The summed E-state index contributed by atoms with van der Waals surface area (Å²) in [6.07, 6.45) is -11.6. The van der Waals surface area contributed by atoms with Gasteiger partial charge in [0.15, 0.2) is 18.3 Å². The van der Waals surface area contributed by atoms with Crippen molar-refractivity contribution in [1.29, 1.82) is 0 Å². The summed E-state index contributed by atoms with van der Waals surface area (Å²) < 4.78 is 70.3. The van der Waals surface area contributed by atoms with E-state index in [1.54, 1.807) is 5.32 Å². The first-order valence-corrected chi connectivity index (χ1v) is 10.5. The molecule has 1 N–H and O–H groups in total. The zero-order chi connectivity index (χ0) is 27.8. The molecule has 1 aliphatic heterocycles. The SMILES string of the molecule is COC(=O)C1=C[C@H](OC(C)C)[C@@H](NC(=O)C(F)(F)F)[C@H]([C@H](OC(C)=O)[C@@H](COC(C)=O)OC(C)=O)O1. The summed E-state index contributed by atoms with van der Waals surface area (Å²) >= 11 is 0. The van der Waals surface area contributed by atoms with E-state index >= 15 is 0 Å². The minimum Gasteiger partial charge on any atom is -0.477 e. The average molecular weight is 527 g/mol. The maximum absolute atomic E-state index is 13.1. The molecule has 0 aromatic carbocycles. The summed E-state index contributed by atoms with van der Waals surface area (Å²) in [6.45, 7) is 5.30. The second-order valence-corrected chi connectivity index (χ2v) is 7.78. The molecule has 1 heterocycles. The number of nitrogens with one attached hydrogen (secondary N) is 1. The second-order valence-electron chi connectivity index (χ2n) is 7.78. The number of rotatable bonds is 10. The number of hydrogen-bond acceptors (Lipinski definition) is 11. The maximum Gasteiger partial charge on any atom is 0.471 e. The molecule has 15 heteroatoms. The van der Waals surface area contributed by atoms with Crippen LogP contribution in [0.5, 0.6) is 0 Å². The Balaban J connectivity index is 3.69. The number of esters is 4. The molecule has 0 aromatic heterocycles. The van der Waals surface area contributed by atoms with E-state index in [2.05, 4.69) is 4.74 Å². The standard InChI is InChI=1S/C21H28F3NO11/c1-9(2)33-13-7-14(19(29)31-6)36-18(16(13)25-20(30)21(22,23)24)17(35-12(5)28)15(34-11(4)27)8-32-10(3)26/h7,9,13,15-18H,8H2,1-6H3,(H,25,30)/t13-,15+,16+,17+,18+/m0/s1. The molecule has 0 fully saturated rings. The smallest absolute Gasteiger partial charge is 0.471 e. The molecule has 0 aliphatic carbocycles. The van der Waals surface area contributed by atoms with Gasteiger partial charge in [-0.1, -0.05) is 0 Å². The zero-order valence-electron chi connectivity index (χ0n) is 20.4. The van der Waals surface area contributed by atoms with E-state index < -0.39 is 84.9 Å². The number of methoxy groups -OCH3 is 1. The Morgan fingerprint density at radius 2 is 1.61 bits per heavy atom. The lowest BCUT2D eigenvalue weighted by Crippen LogP contribution is -2.63. The van der Waals surface area contributed by atoms with Gasteiger partial charge in [0.1, 0.15) is 12.7 Å². The third-order valence-electron chi connectivity index (χ3n) is 4.42. The number of carbonyl (C=O) groups excluding carboxylic acids is 5. The van der Waals surface area contributed by atoms with Gasteiger partial charge < -0.3 is 33.7 Å². The summed E-state index contributed by atoms with van der Waals surface area (Å²) in [6, 6.07) is -1.74. The first-order valence-electron chi connectivity index (χ1n) is 10.5. The van der Waals surface area contributed by atoms with Crippen molar-refractivity contribution in [2.45, 2.75) is 77.4 Å². The van der Waals surface area contributed by atoms with Crippen LogP contribution < -0.4 is 5.32 Å². The highest BCUT2D eigenvalue weighted by molar-refractivity contribution is 5.87. The van der Waals surface area contributed by atoms with Crippen LogP contribution in [0.4, 0.5) is 13.2 Å². The number of halogens is 3. The van der Waals surface area contributed by atoms with Crippen LogP contribution in [0, 0.1) is 0 Å². The van der Waals surface area contributed by atoms with E-state index in [4.69, 9.17) is 23.7 Å². The number of amides is 1. The number of carbonyl (C=O) groups is 5. The molecule has 0 spiro atoms. The Hall–Kier alpha value is -3.36. The van der Waals surface area contributed by atoms with Crippen LogP contribution in [0.15, 0.2) is 11.8 Å². The van der Waals surface area contributed by atoms with E-state index in [0.717, 1.165) is 34.0 Å². The monoisotopic (exact) mass is 527 g/mol. The Morgan fingerprint density at radius 1 is 1.03 bits per heavy atom. The van der Waals surface area contributed by atoms with Crippen LogP contribution in [-0.2, 0) is 52.4 Å². The highest BCUT2D eigenvalue weighted by atomic mass is 19.4. The molecular weight excluding hydrogens is 499 g/mol. The molecule has 204 valence electrons. The lowest BCUT2D eigenvalue weighted by atomic mass is 9.93. The van der Waals surface area contributed by atoms with Crippen molar-refractivity contribution in [2.75, 3.05) is 13.7 Å². The van der Waals surface area contributed by atoms with Crippen molar-refractivity contribution in [1.82, 2.24) is 5.32 Å². The second kappa shape index (κ2) is 13.1. The maximum atomic E-state index is 13.1. The predicted molar refractivity (Wildman–Crippen MR) is 111 cm³/mol. The predicted octanol–water partition coefficient (Wildman–Crippen LogP) is 0.709. The third kappa shape index (κ3) is 9.36. The fourth-order valence-corrected chi connectivity index (χ4v) is 3.18. The van der Waals surface area contributed by atoms with Crippen LogP contribution in [0.3, 0.4) is 0 Å². The molecule has 1 aliphatic rings. The van der Waals surface area contributed by atoms with Gasteiger partial charge >= 0.3 is 36.0 Å². The van der Waals surface area contributed by atoms with Crippen molar-refractivity contribution >= 4 is 29.8 Å². The van der Waals surface area contributed by atoms with Gasteiger partial charge in [-0.05, 0) is 19.9 Å². The normalized spacial score (nSPS) is 21.3. The molecule has 0 saturated heterocycles. The minimum atomic E-state index is -5.33. The van der Waals surface area contributed by atoms with Gasteiger partial charge in [-0.25, -0.2) is 4.79 Å². The van der Waals surface area contributed by atoms with Gasteiger partial charge in [0, 0.05) is 20.8 Å². The molecule has 12 nitrogen and oxygen atoms in total. The van der Waals surface area contributed by atoms with Crippen molar-refractivity contribution in [3.05, 3.63) is 11.8 Å². The van der Waals surface area contributed by atoms with E-state index in [1.165, 1.54) is 13.8 Å². The largest absolute Gasteiger partial charge is 0.477 e. The summed E-state index contributed by atoms with van der Waals surface area (Å²) in [5.74, 6) is -6.76. The van der Waals surface area contributed by atoms with Crippen LogP contribution >= 0.6 is 0 Å². The number of alkyl halides is 3. The molecule has 0 bridgehead atoms. The van der Waals surface area contributed by atoms with Gasteiger partial charge in [0.2, 0.25) is 5.76 Å². The van der Waals surface area contributed by atoms with Crippen molar-refractivity contribution in [2.24, 2.45) is 0 Å². The van der Waals surface area contributed by atoms with Gasteiger partial charge in [0.05, 0.1) is 19.3 Å². The van der Waals surface area contributed by atoms with Crippen LogP contribution in [0.25, 0.3) is 0 Å². The van der Waals surface area contributed by atoms with Crippen molar-refractivity contribution < 1.29 is 65.6 Å². The molecular formula is C21H28F3NO11. The number of hydrogen-bond donors (Lipinski definition) is 1. The molecule has 0 aromatic rings. The fraction of sp³-hybridized carbons (Fsp3) is 0.667. The molecule has 0 radical (unpaired) electrons. The summed E-state index contributed by atoms with van der Waals surface area (Å²) in [5.41, 5.74) is 0. The Kier molecular flexibility index (Phi) is 11.2.